The zero-order valence-corrected chi connectivity index (χ0v) is 15.8. The maximum atomic E-state index is 12.5. The van der Waals surface area contributed by atoms with Crippen molar-refractivity contribution in [3.8, 4) is 0 Å². The number of benzene rings is 1. The quantitative estimate of drug-likeness (QED) is 0.827. The number of nitrogens with zero attached hydrogens (tertiary/aromatic N) is 1. The van der Waals surface area contributed by atoms with Crippen molar-refractivity contribution in [2.45, 2.75) is 17.4 Å². The Morgan fingerprint density at radius 3 is 2.84 bits per heavy atom. The van der Waals surface area contributed by atoms with Crippen molar-refractivity contribution in [2.24, 2.45) is 0 Å². The van der Waals surface area contributed by atoms with E-state index in [1.165, 1.54) is 31.3 Å². The van der Waals surface area contributed by atoms with E-state index in [9.17, 15) is 13.2 Å². The molecule has 0 radical (unpaired) electrons. The van der Waals surface area contributed by atoms with Crippen LogP contribution in [0.1, 0.15) is 26.8 Å². The van der Waals surface area contributed by atoms with E-state index in [2.05, 4.69) is 22.8 Å². The lowest BCUT2D eigenvalue weighted by Gasteiger charge is -2.27. The predicted octanol–water partition coefficient (Wildman–Crippen LogP) is 1.62. The van der Waals surface area contributed by atoms with Crippen LogP contribution < -0.4 is 10.6 Å². The summed E-state index contributed by atoms with van der Waals surface area (Å²) in [4.78, 5) is 12.8. The van der Waals surface area contributed by atoms with E-state index >= 15 is 0 Å². The van der Waals surface area contributed by atoms with E-state index in [1.54, 1.807) is 5.38 Å². The first-order chi connectivity index (χ1) is 11.9. The molecule has 3 rings (SSSR count). The molecule has 1 aliphatic heterocycles. The standard InChI is InChI=1S/C17H21N3O3S2/c1-20(2)25(22,23)15-8-10-24-16(15)17(21)19-11-14-13-6-4-3-5-12(13)7-9-18-14/h3-6,8,10,14,18H,7,9,11H2,1-2H3,(H,19,21). The van der Waals surface area contributed by atoms with E-state index in [-0.39, 0.29) is 21.7 Å². The number of amides is 1. The van der Waals surface area contributed by atoms with Gasteiger partial charge in [-0.3, -0.25) is 4.79 Å². The lowest BCUT2D eigenvalue weighted by Crippen LogP contribution is -2.39. The van der Waals surface area contributed by atoms with Crippen LogP contribution in [-0.4, -0.2) is 45.8 Å². The highest BCUT2D eigenvalue weighted by atomic mass is 32.2. The van der Waals surface area contributed by atoms with Gasteiger partial charge in [0, 0.05) is 26.7 Å². The van der Waals surface area contributed by atoms with Crippen LogP contribution in [0, 0.1) is 0 Å². The molecule has 1 aromatic heterocycles. The molecular weight excluding hydrogens is 358 g/mol. The van der Waals surface area contributed by atoms with E-state index in [0.717, 1.165) is 28.6 Å². The van der Waals surface area contributed by atoms with Crippen molar-refractivity contribution in [1.29, 1.82) is 0 Å². The second-order valence-corrected chi connectivity index (χ2v) is 9.10. The molecule has 0 saturated heterocycles. The summed E-state index contributed by atoms with van der Waals surface area (Å²) >= 11 is 1.14. The van der Waals surface area contributed by atoms with Crippen molar-refractivity contribution in [3.63, 3.8) is 0 Å². The first kappa shape index (κ1) is 18.1. The molecule has 2 N–H and O–H groups in total. The van der Waals surface area contributed by atoms with Crippen LogP contribution in [-0.2, 0) is 16.4 Å². The molecule has 1 unspecified atom stereocenters. The third-order valence-electron chi connectivity index (χ3n) is 4.28. The third kappa shape index (κ3) is 3.62. The zero-order valence-electron chi connectivity index (χ0n) is 14.2. The summed E-state index contributed by atoms with van der Waals surface area (Å²) in [5.74, 6) is -0.361. The summed E-state index contributed by atoms with van der Waals surface area (Å²) in [5.41, 5.74) is 2.47. The number of rotatable bonds is 5. The number of carbonyl (C=O) groups excluding carboxylic acids is 1. The Hall–Kier alpha value is -1.74. The van der Waals surface area contributed by atoms with Gasteiger partial charge in [0.05, 0.1) is 0 Å². The van der Waals surface area contributed by atoms with Crippen molar-refractivity contribution in [1.82, 2.24) is 14.9 Å². The van der Waals surface area contributed by atoms with Crippen LogP contribution in [0.5, 0.6) is 0 Å². The molecule has 8 heteroatoms. The van der Waals surface area contributed by atoms with E-state index in [0.29, 0.717) is 6.54 Å². The molecule has 25 heavy (non-hydrogen) atoms. The minimum atomic E-state index is -3.63. The number of fused-ring (bicyclic) bond motifs is 1. The maximum Gasteiger partial charge on any atom is 0.262 e. The maximum absolute atomic E-state index is 12.5. The minimum absolute atomic E-state index is 0.0303. The fourth-order valence-electron chi connectivity index (χ4n) is 2.91. The van der Waals surface area contributed by atoms with Crippen LogP contribution in [0.15, 0.2) is 40.6 Å². The molecule has 1 amide bonds. The van der Waals surface area contributed by atoms with Crippen molar-refractivity contribution in [3.05, 3.63) is 51.7 Å². The van der Waals surface area contributed by atoms with E-state index in [1.807, 2.05) is 12.1 Å². The van der Waals surface area contributed by atoms with Gasteiger partial charge in [-0.2, -0.15) is 0 Å². The summed E-state index contributed by atoms with van der Waals surface area (Å²) < 4.78 is 25.8. The molecular formula is C17H21N3O3S2. The summed E-state index contributed by atoms with van der Waals surface area (Å²) in [6.45, 7) is 1.27. The Morgan fingerprint density at radius 2 is 2.08 bits per heavy atom. The summed E-state index contributed by atoms with van der Waals surface area (Å²) in [7, 11) is -0.722. The summed E-state index contributed by atoms with van der Waals surface area (Å²) in [5, 5.41) is 7.90. The summed E-state index contributed by atoms with van der Waals surface area (Å²) in [6.07, 6.45) is 0.969. The molecule has 0 fully saturated rings. The molecule has 0 spiro atoms. The average molecular weight is 380 g/mol. The van der Waals surface area contributed by atoms with Crippen LogP contribution in [0.2, 0.25) is 0 Å². The van der Waals surface area contributed by atoms with Crippen molar-refractivity contribution >= 4 is 27.3 Å². The Bertz CT molecular complexity index is 875. The Balaban J connectivity index is 1.74. The Kier molecular flexibility index (Phi) is 5.24. The molecule has 134 valence electrons. The molecule has 0 aliphatic carbocycles. The van der Waals surface area contributed by atoms with Crippen molar-refractivity contribution < 1.29 is 13.2 Å². The van der Waals surface area contributed by atoms with Gasteiger partial charge in [0.25, 0.3) is 5.91 Å². The van der Waals surface area contributed by atoms with Gasteiger partial charge >= 0.3 is 0 Å². The monoisotopic (exact) mass is 379 g/mol. The molecule has 2 heterocycles. The zero-order chi connectivity index (χ0) is 18.0. The number of nitrogens with one attached hydrogen (secondary N) is 2. The van der Waals surface area contributed by atoms with Crippen LogP contribution in [0.25, 0.3) is 0 Å². The highest BCUT2D eigenvalue weighted by Gasteiger charge is 2.27. The van der Waals surface area contributed by atoms with Crippen molar-refractivity contribution in [2.75, 3.05) is 27.2 Å². The largest absolute Gasteiger partial charge is 0.349 e. The average Bonchev–Trinajstić information content (AvgIpc) is 3.10. The number of hydrogen-bond donors (Lipinski definition) is 2. The molecule has 0 bridgehead atoms. The first-order valence-corrected chi connectivity index (χ1v) is 10.3. The number of thiophene rings is 1. The second kappa shape index (κ2) is 7.25. The van der Waals surface area contributed by atoms with Gasteiger partial charge < -0.3 is 10.6 Å². The molecule has 1 aliphatic rings. The number of hydrogen-bond acceptors (Lipinski definition) is 5. The highest BCUT2D eigenvalue weighted by molar-refractivity contribution is 7.89. The fourth-order valence-corrected chi connectivity index (χ4v) is 5.12. The Labute approximate surface area is 151 Å². The topological polar surface area (TPSA) is 78.5 Å². The molecule has 6 nitrogen and oxygen atoms in total. The van der Waals surface area contributed by atoms with Gasteiger partial charge in [-0.25, -0.2) is 12.7 Å². The lowest BCUT2D eigenvalue weighted by molar-refractivity contribution is 0.0950. The predicted molar refractivity (Wildman–Crippen MR) is 98.4 cm³/mol. The normalized spacial score (nSPS) is 17.3. The fraction of sp³-hybridized carbons (Fsp3) is 0.353. The summed E-state index contributed by atoms with van der Waals surface area (Å²) in [6, 6.07) is 9.68. The lowest BCUT2D eigenvalue weighted by atomic mass is 9.94. The second-order valence-electron chi connectivity index (χ2n) is 6.07. The smallest absolute Gasteiger partial charge is 0.262 e. The van der Waals surface area contributed by atoms with E-state index in [4.69, 9.17) is 0 Å². The van der Waals surface area contributed by atoms with Crippen LogP contribution >= 0.6 is 11.3 Å². The van der Waals surface area contributed by atoms with E-state index < -0.39 is 10.0 Å². The van der Waals surface area contributed by atoms with Gasteiger partial charge in [-0.1, -0.05) is 24.3 Å². The molecule has 1 aromatic carbocycles. The van der Waals surface area contributed by atoms with Gasteiger partial charge in [-0.15, -0.1) is 11.3 Å². The highest BCUT2D eigenvalue weighted by Crippen LogP contribution is 2.25. The minimum Gasteiger partial charge on any atom is -0.349 e. The van der Waals surface area contributed by atoms with Gasteiger partial charge in [0.2, 0.25) is 10.0 Å². The van der Waals surface area contributed by atoms with Crippen LogP contribution in [0.4, 0.5) is 0 Å². The number of carbonyl (C=O) groups is 1. The third-order valence-corrected chi connectivity index (χ3v) is 7.18. The Morgan fingerprint density at radius 1 is 1.32 bits per heavy atom. The van der Waals surface area contributed by atoms with Gasteiger partial charge in [0.15, 0.2) is 0 Å². The molecule has 1 atom stereocenters. The van der Waals surface area contributed by atoms with Crippen LogP contribution in [0.3, 0.4) is 0 Å². The van der Waals surface area contributed by atoms with Gasteiger partial charge in [-0.05, 0) is 35.5 Å². The number of sulfonamides is 1. The van der Waals surface area contributed by atoms with Gasteiger partial charge in [0.1, 0.15) is 9.77 Å². The molecule has 0 saturated carbocycles. The first-order valence-electron chi connectivity index (χ1n) is 8.00. The molecule has 2 aromatic rings. The SMILES string of the molecule is CN(C)S(=O)(=O)c1ccsc1C(=O)NCC1NCCc2ccccc21.